The molecule has 2 rings (SSSR count). The van der Waals surface area contributed by atoms with E-state index >= 15 is 0 Å². The Morgan fingerprint density at radius 1 is 1.40 bits per heavy atom. The normalized spacial score (nSPS) is 15.4. The summed E-state index contributed by atoms with van der Waals surface area (Å²) in [7, 11) is 0. The maximum atomic E-state index is 5.31. The molecular weight excluding hydrogens is 224 g/mol. The lowest BCUT2D eigenvalue weighted by atomic mass is 9.92. The first-order valence-corrected chi connectivity index (χ1v) is 6.71. The number of nitrogens with one attached hydrogen (secondary N) is 1. The molecule has 4 heteroatoms. The van der Waals surface area contributed by atoms with E-state index in [4.69, 9.17) is 12.2 Å². The molecule has 0 atom stereocenters. The molecule has 0 aromatic carbocycles. The van der Waals surface area contributed by atoms with E-state index in [2.05, 4.69) is 30.7 Å². The van der Waals surface area contributed by atoms with Gasteiger partial charge in [-0.1, -0.05) is 33.0 Å². The first-order chi connectivity index (χ1) is 6.96. The number of nitrogens with zero attached hydrogens (tertiary/aromatic N) is 1. The summed E-state index contributed by atoms with van der Waals surface area (Å²) >= 11 is 7.22. The quantitative estimate of drug-likeness (QED) is 0.762. The van der Waals surface area contributed by atoms with Crippen molar-refractivity contribution >= 4 is 24.0 Å². The van der Waals surface area contributed by atoms with Crippen molar-refractivity contribution in [3.63, 3.8) is 0 Å². The van der Waals surface area contributed by atoms with Crippen LogP contribution in [-0.2, 0) is 17.9 Å². The zero-order valence-electron chi connectivity index (χ0n) is 9.39. The molecule has 1 aliphatic rings. The number of aromatic amines is 1. The van der Waals surface area contributed by atoms with Crippen LogP contribution < -0.4 is 0 Å². The van der Waals surface area contributed by atoms with Crippen LogP contribution in [-0.4, -0.2) is 9.97 Å². The summed E-state index contributed by atoms with van der Waals surface area (Å²) in [6.07, 6.45) is 0.953. The van der Waals surface area contributed by atoms with Crippen LogP contribution >= 0.6 is 24.0 Å². The molecule has 0 unspecified atom stereocenters. The Bertz CT molecular complexity index is 429. The molecule has 0 fully saturated rings. The van der Waals surface area contributed by atoms with Crippen LogP contribution in [0.15, 0.2) is 0 Å². The molecule has 2 nitrogen and oxygen atoms in total. The SMILES string of the molecule is CC(C)(C)Cc1nc(=S)c2c([nH]1)CSC2. The fourth-order valence-electron chi connectivity index (χ4n) is 1.71. The lowest BCUT2D eigenvalue weighted by molar-refractivity contribution is 0.400. The molecule has 0 bridgehead atoms. The van der Waals surface area contributed by atoms with Gasteiger partial charge in [0.15, 0.2) is 0 Å². The van der Waals surface area contributed by atoms with Crippen molar-refractivity contribution in [2.24, 2.45) is 5.41 Å². The molecule has 82 valence electrons. The zero-order chi connectivity index (χ0) is 11.1. The Balaban J connectivity index is 2.36. The molecule has 1 aromatic rings. The second-order valence-corrected chi connectivity index (χ2v) is 6.55. The van der Waals surface area contributed by atoms with Gasteiger partial charge in [-0.25, -0.2) is 4.98 Å². The topological polar surface area (TPSA) is 28.7 Å². The van der Waals surface area contributed by atoms with Crippen LogP contribution in [0.4, 0.5) is 0 Å². The highest BCUT2D eigenvalue weighted by Gasteiger charge is 2.18. The predicted molar refractivity (Wildman–Crippen MR) is 67.6 cm³/mol. The zero-order valence-corrected chi connectivity index (χ0v) is 11.0. The van der Waals surface area contributed by atoms with E-state index in [9.17, 15) is 0 Å². The molecule has 0 spiro atoms. The number of H-pyrrole nitrogens is 1. The number of aromatic nitrogens is 2. The van der Waals surface area contributed by atoms with E-state index in [0.717, 1.165) is 28.4 Å². The maximum Gasteiger partial charge on any atom is 0.134 e. The van der Waals surface area contributed by atoms with Crippen LogP contribution in [0, 0.1) is 10.1 Å². The third-order valence-corrected chi connectivity index (χ3v) is 3.67. The lowest BCUT2D eigenvalue weighted by Gasteiger charge is -2.17. The third-order valence-electron chi connectivity index (χ3n) is 2.34. The minimum Gasteiger partial charge on any atom is -0.346 e. The number of hydrogen-bond acceptors (Lipinski definition) is 3. The van der Waals surface area contributed by atoms with E-state index in [1.807, 2.05) is 11.8 Å². The second-order valence-electron chi connectivity index (χ2n) is 5.18. The van der Waals surface area contributed by atoms with Crippen molar-refractivity contribution in [1.82, 2.24) is 9.97 Å². The largest absolute Gasteiger partial charge is 0.346 e. The summed E-state index contributed by atoms with van der Waals surface area (Å²) in [6, 6.07) is 0. The Hall–Kier alpha value is -0.350. The second kappa shape index (κ2) is 3.91. The minimum absolute atomic E-state index is 0.255. The van der Waals surface area contributed by atoms with Crippen molar-refractivity contribution in [2.45, 2.75) is 38.7 Å². The molecule has 1 N–H and O–H groups in total. The molecule has 15 heavy (non-hydrogen) atoms. The minimum atomic E-state index is 0.255. The van der Waals surface area contributed by atoms with E-state index in [-0.39, 0.29) is 5.41 Å². The number of fused-ring (bicyclic) bond motifs is 1. The van der Waals surface area contributed by atoms with Crippen LogP contribution in [0.3, 0.4) is 0 Å². The molecular formula is C11H16N2S2. The highest BCUT2D eigenvalue weighted by Crippen LogP contribution is 2.29. The summed E-state index contributed by atoms with van der Waals surface area (Å²) in [5.74, 6) is 3.11. The number of rotatable bonds is 1. The van der Waals surface area contributed by atoms with Gasteiger partial charge in [0.25, 0.3) is 0 Å². The summed E-state index contributed by atoms with van der Waals surface area (Å²) in [5.41, 5.74) is 2.79. The van der Waals surface area contributed by atoms with Gasteiger partial charge in [0.1, 0.15) is 10.5 Å². The van der Waals surface area contributed by atoms with Gasteiger partial charge in [0, 0.05) is 29.2 Å². The summed E-state index contributed by atoms with van der Waals surface area (Å²) in [5, 5.41) is 0. The molecule has 0 amide bonds. The fourth-order valence-corrected chi connectivity index (χ4v) is 3.17. The third kappa shape index (κ3) is 2.61. The average molecular weight is 240 g/mol. The summed E-state index contributed by atoms with van der Waals surface area (Å²) in [4.78, 5) is 7.90. The van der Waals surface area contributed by atoms with E-state index in [1.165, 1.54) is 11.3 Å². The highest BCUT2D eigenvalue weighted by atomic mass is 32.2. The number of hydrogen-bond donors (Lipinski definition) is 1. The van der Waals surface area contributed by atoms with Crippen molar-refractivity contribution in [2.75, 3.05) is 0 Å². The molecule has 1 aromatic heterocycles. The summed E-state index contributed by atoms with van der Waals surface area (Å²) in [6.45, 7) is 6.65. The van der Waals surface area contributed by atoms with Crippen LogP contribution in [0.25, 0.3) is 0 Å². The van der Waals surface area contributed by atoms with Crippen molar-refractivity contribution < 1.29 is 0 Å². The molecule has 2 heterocycles. The van der Waals surface area contributed by atoms with Crippen molar-refractivity contribution in [3.8, 4) is 0 Å². The van der Waals surface area contributed by atoms with Gasteiger partial charge < -0.3 is 4.98 Å². The predicted octanol–water partition coefficient (Wildman–Crippen LogP) is 3.47. The van der Waals surface area contributed by atoms with Gasteiger partial charge >= 0.3 is 0 Å². The Morgan fingerprint density at radius 2 is 2.13 bits per heavy atom. The molecule has 1 aliphatic heterocycles. The first-order valence-electron chi connectivity index (χ1n) is 5.14. The van der Waals surface area contributed by atoms with Crippen molar-refractivity contribution in [3.05, 3.63) is 21.7 Å². The molecule has 0 saturated carbocycles. The lowest BCUT2D eigenvalue weighted by Crippen LogP contribution is -2.13. The van der Waals surface area contributed by atoms with E-state index < -0.39 is 0 Å². The van der Waals surface area contributed by atoms with Gasteiger partial charge in [-0.2, -0.15) is 11.8 Å². The summed E-state index contributed by atoms with van der Waals surface area (Å²) < 4.78 is 0.799. The van der Waals surface area contributed by atoms with E-state index in [1.54, 1.807) is 0 Å². The highest BCUT2D eigenvalue weighted by molar-refractivity contribution is 7.98. The maximum absolute atomic E-state index is 5.31. The van der Waals surface area contributed by atoms with Gasteiger partial charge in [0.2, 0.25) is 0 Å². The number of thioether (sulfide) groups is 1. The molecule has 0 radical (unpaired) electrons. The fraction of sp³-hybridized carbons (Fsp3) is 0.636. The Labute approximate surface area is 99.9 Å². The Morgan fingerprint density at radius 3 is 2.80 bits per heavy atom. The monoisotopic (exact) mass is 240 g/mol. The van der Waals surface area contributed by atoms with E-state index in [0.29, 0.717) is 0 Å². The Kier molecular flexibility index (Phi) is 2.90. The van der Waals surface area contributed by atoms with Gasteiger partial charge in [-0.05, 0) is 5.41 Å². The molecule has 0 aliphatic carbocycles. The molecule has 0 saturated heterocycles. The van der Waals surface area contributed by atoms with Crippen LogP contribution in [0.5, 0.6) is 0 Å². The first kappa shape index (κ1) is 11.1. The van der Waals surface area contributed by atoms with Crippen LogP contribution in [0.1, 0.15) is 37.9 Å². The van der Waals surface area contributed by atoms with Gasteiger partial charge in [0.05, 0.1) is 0 Å². The smallest absolute Gasteiger partial charge is 0.134 e. The van der Waals surface area contributed by atoms with Gasteiger partial charge in [-0.3, -0.25) is 0 Å². The van der Waals surface area contributed by atoms with Crippen LogP contribution in [0.2, 0.25) is 0 Å². The average Bonchev–Trinajstić information content (AvgIpc) is 2.48. The van der Waals surface area contributed by atoms with Crippen molar-refractivity contribution in [1.29, 1.82) is 0 Å². The van der Waals surface area contributed by atoms with Gasteiger partial charge in [-0.15, -0.1) is 0 Å². The standard InChI is InChI=1S/C11H16N2S2/c1-11(2,3)4-9-12-8-6-15-5-7(8)10(14)13-9/h4-6H2,1-3H3,(H,12,13,14).